The first-order valence-corrected chi connectivity index (χ1v) is 6.68. The predicted octanol–water partition coefficient (Wildman–Crippen LogP) is 2.29. The zero-order chi connectivity index (χ0) is 10.4. The molecule has 0 aromatic heterocycles. The lowest BCUT2D eigenvalue weighted by Gasteiger charge is -2.20. The molecule has 0 aromatic carbocycles. The summed E-state index contributed by atoms with van der Waals surface area (Å²) >= 11 is 1.99. The van der Waals surface area contributed by atoms with E-state index in [4.69, 9.17) is 0 Å². The Morgan fingerprint density at radius 2 is 2.36 bits per heavy atom. The van der Waals surface area contributed by atoms with Crippen molar-refractivity contribution in [2.24, 2.45) is 11.8 Å². The Hall–Kier alpha value is -0.180. The molecule has 3 heteroatoms. The predicted molar refractivity (Wildman–Crippen MR) is 62.5 cm³/mol. The van der Waals surface area contributed by atoms with Crippen molar-refractivity contribution in [3.63, 3.8) is 0 Å². The molecule has 2 nitrogen and oxygen atoms in total. The lowest BCUT2D eigenvalue weighted by Crippen LogP contribution is -2.30. The second-order valence-corrected chi connectivity index (χ2v) is 5.64. The summed E-state index contributed by atoms with van der Waals surface area (Å²) in [6, 6.07) is 0. The van der Waals surface area contributed by atoms with Crippen LogP contribution in [0.1, 0.15) is 33.1 Å². The molecule has 0 aromatic rings. The van der Waals surface area contributed by atoms with Crippen molar-refractivity contribution in [1.82, 2.24) is 5.32 Å². The number of hydrogen-bond acceptors (Lipinski definition) is 2. The number of rotatable bonds is 4. The van der Waals surface area contributed by atoms with Crippen molar-refractivity contribution in [3.8, 4) is 0 Å². The van der Waals surface area contributed by atoms with Crippen molar-refractivity contribution >= 4 is 17.7 Å². The third kappa shape index (κ3) is 4.89. The van der Waals surface area contributed by atoms with E-state index in [1.807, 2.05) is 11.8 Å². The Morgan fingerprint density at radius 3 is 2.93 bits per heavy atom. The molecule has 0 saturated carbocycles. The highest BCUT2D eigenvalue weighted by Gasteiger charge is 2.16. The normalized spacial score (nSPS) is 22.4. The lowest BCUT2D eigenvalue weighted by atomic mass is 10.0. The Kier molecular flexibility index (Phi) is 5.38. The van der Waals surface area contributed by atoms with Gasteiger partial charge in [0.25, 0.3) is 0 Å². The highest BCUT2D eigenvalue weighted by Crippen LogP contribution is 2.24. The van der Waals surface area contributed by atoms with E-state index in [0.717, 1.165) is 13.0 Å². The third-order valence-electron chi connectivity index (χ3n) is 2.44. The van der Waals surface area contributed by atoms with Crippen LogP contribution in [0.4, 0.5) is 0 Å². The number of thioether (sulfide) groups is 1. The SMILES string of the molecule is CC(C)CNC(=O)CC1CCCSC1. The molecule has 1 fully saturated rings. The molecule has 0 bridgehead atoms. The van der Waals surface area contributed by atoms with Crippen molar-refractivity contribution in [1.29, 1.82) is 0 Å². The lowest BCUT2D eigenvalue weighted by molar-refractivity contribution is -0.122. The summed E-state index contributed by atoms with van der Waals surface area (Å²) in [5.74, 6) is 3.88. The minimum Gasteiger partial charge on any atom is -0.356 e. The van der Waals surface area contributed by atoms with Crippen LogP contribution in [0.15, 0.2) is 0 Å². The maximum Gasteiger partial charge on any atom is 0.220 e. The second-order valence-electron chi connectivity index (χ2n) is 4.49. The van der Waals surface area contributed by atoms with E-state index < -0.39 is 0 Å². The number of carbonyl (C=O) groups is 1. The first kappa shape index (κ1) is 11.9. The summed E-state index contributed by atoms with van der Waals surface area (Å²) in [4.78, 5) is 11.5. The van der Waals surface area contributed by atoms with E-state index in [0.29, 0.717) is 11.8 Å². The summed E-state index contributed by atoms with van der Waals surface area (Å²) < 4.78 is 0. The first-order valence-electron chi connectivity index (χ1n) is 5.53. The average Bonchev–Trinajstić information content (AvgIpc) is 2.16. The van der Waals surface area contributed by atoms with E-state index >= 15 is 0 Å². The maximum atomic E-state index is 11.5. The second kappa shape index (κ2) is 6.33. The number of nitrogens with one attached hydrogen (secondary N) is 1. The van der Waals surface area contributed by atoms with E-state index in [2.05, 4.69) is 19.2 Å². The van der Waals surface area contributed by atoms with Crippen LogP contribution in [-0.2, 0) is 4.79 Å². The fourth-order valence-electron chi connectivity index (χ4n) is 1.62. The van der Waals surface area contributed by atoms with Crippen molar-refractivity contribution in [2.75, 3.05) is 18.1 Å². The quantitative estimate of drug-likeness (QED) is 0.779. The van der Waals surface area contributed by atoms with Crippen LogP contribution in [0, 0.1) is 11.8 Å². The van der Waals surface area contributed by atoms with Crippen LogP contribution in [0.5, 0.6) is 0 Å². The van der Waals surface area contributed by atoms with Crippen molar-refractivity contribution < 1.29 is 4.79 Å². The van der Waals surface area contributed by atoms with E-state index in [1.54, 1.807) is 0 Å². The van der Waals surface area contributed by atoms with Gasteiger partial charge in [-0.25, -0.2) is 0 Å². The molecule has 82 valence electrons. The van der Waals surface area contributed by atoms with Crippen LogP contribution >= 0.6 is 11.8 Å². The van der Waals surface area contributed by atoms with Gasteiger partial charge >= 0.3 is 0 Å². The molecule has 0 radical (unpaired) electrons. The molecule has 0 aliphatic carbocycles. The minimum absolute atomic E-state index is 0.242. The Bertz CT molecular complexity index is 176. The molecule has 1 atom stereocenters. The van der Waals surface area contributed by atoms with Gasteiger partial charge in [0.15, 0.2) is 0 Å². The number of carbonyl (C=O) groups excluding carboxylic acids is 1. The molecule has 1 saturated heterocycles. The molecule has 1 rings (SSSR count). The van der Waals surface area contributed by atoms with E-state index in [-0.39, 0.29) is 5.91 Å². The molecule has 1 amide bonds. The van der Waals surface area contributed by atoms with Crippen molar-refractivity contribution in [2.45, 2.75) is 33.1 Å². The number of amides is 1. The first-order chi connectivity index (χ1) is 6.68. The summed E-state index contributed by atoms with van der Waals surface area (Å²) in [7, 11) is 0. The van der Waals surface area contributed by atoms with Gasteiger partial charge < -0.3 is 5.32 Å². The van der Waals surface area contributed by atoms with Gasteiger partial charge in [-0.3, -0.25) is 4.79 Å². The molecule has 1 N–H and O–H groups in total. The Balaban J connectivity index is 2.12. The van der Waals surface area contributed by atoms with Gasteiger partial charge in [-0.2, -0.15) is 11.8 Å². The highest BCUT2D eigenvalue weighted by molar-refractivity contribution is 7.99. The van der Waals surface area contributed by atoms with E-state index in [9.17, 15) is 4.79 Å². The molecule has 0 spiro atoms. The zero-order valence-corrected chi connectivity index (χ0v) is 10.0. The van der Waals surface area contributed by atoms with Gasteiger partial charge in [-0.1, -0.05) is 13.8 Å². The molecular formula is C11H21NOS. The number of hydrogen-bond donors (Lipinski definition) is 1. The molecule has 1 aliphatic heterocycles. The fraction of sp³-hybridized carbons (Fsp3) is 0.909. The topological polar surface area (TPSA) is 29.1 Å². The Morgan fingerprint density at radius 1 is 1.57 bits per heavy atom. The van der Waals surface area contributed by atoms with Crippen molar-refractivity contribution in [3.05, 3.63) is 0 Å². The van der Waals surface area contributed by atoms with Gasteiger partial charge in [-0.15, -0.1) is 0 Å². The molecule has 14 heavy (non-hydrogen) atoms. The van der Waals surface area contributed by atoms with Crippen LogP contribution in [0.25, 0.3) is 0 Å². The van der Waals surface area contributed by atoms with Gasteiger partial charge in [0.05, 0.1) is 0 Å². The molecular weight excluding hydrogens is 194 g/mol. The van der Waals surface area contributed by atoms with Crippen LogP contribution in [-0.4, -0.2) is 24.0 Å². The largest absolute Gasteiger partial charge is 0.356 e. The third-order valence-corrected chi connectivity index (χ3v) is 3.72. The van der Waals surface area contributed by atoms with Gasteiger partial charge in [0.2, 0.25) is 5.91 Å². The van der Waals surface area contributed by atoms with Crippen LogP contribution in [0.3, 0.4) is 0 Å². The molecule has 1 aliphatic rings. The maximum absolute atomic E-state index is 11.5. The summed E-state index contributed by atoms with van der Waals surface area (Å²) in [5.41, 5.74) is 0. The molecule has 1 heterocycles. The molecule has 1 unspecified atom stereocenters. The highest BCUT2D eigenvalue weighted by atomic mass is 32.2. The monoisotopic (exact) mass is 215 g/mol. The van der Waals surface area contributed by atoms with Gasteiger partial charge in [0.1, 0.15) is 0 Å². The standard InChI is InChI=1S/C11H21NOS/c1-9(2)7-12-11(13)6-10-4-3-5-14-8-10/h9-10H,3-8H2,1-2H3,(H,12,13). The fourth-order valence-corrected chi connectivity index (χ4v) is 2.78. The van der Waals surface area contributed by atoms with Crippen LogP contribution in [0.2, 0.25) is 0 Å². The zero-order valence-electron chi connectivity index (χ0n) is 9.21. The van der Waals surface area contributed by atoms with Crippen LogP contribution < -0.4 is 5.32 Å². The summed E-state index contributed by atoms with van der Waals surface area (Å²) in [5, 5.41) is 2.98. The smallest absolute Gasteiger partial charge is 0.220 e. The summed E-state index contributed by atoms with van der Waals surface area (Å²) in [6.07, 6.45) is 3.26. The summed E-state index contributed by atoms with van der Waals surface area (Å²) in [6.45, 7) is 5.06. The Labute approximate surface area is 91.2 Å². The van der Waals surface area contributed by atoms with E-state index in [1.165, 1.54) is 24.3 Å². The average molecular weight is 215 g/mol. The van der Waals surface area contributed by atoms with Gasteiger partial charge in [0, 0.05) is 13.0 Å². The van der Waals surface area contributed by atoms with Gasteiger partial charge in [-0.05, 0) is 36.2 Å². The minimum atomic E-state index is 0.242.